The molecule has 13 heavy (non-hydrogen) atoms. The molecule has 0 aliphatic rings. The molecular formula is C10H13NOS. The number of amides is 1. The molecule has 0 saturated heterocycles. The molecule has 0 aliphatic heterocycles. The zero-order valence-corrected chi connectivity index (χ0v) is 8.60. The first-order valence-corrected chi connectivity index (χ1v) is 5.41. The van der Waals surface area contributed by atoms with Gasteiger partial charge in [0.1, 0.15) is 0 Å². The lowest BCUT2D eigenvalue weighted by Crippen LogP contribution is -2.21. The first-order valence-electron chi connectivity index (χ1n) is 4.12. The van der Waals surface area contributed by atoms with E-state index in [2.05, 4.69) is 5.32 Å². The van der Waals surface area contributed by atoms with Gasteiger partial charge in [0.2, 0.25) is 5.91 Å². The number of nitrogens with one attached hydrogen (secondary N) is 1. The van der Waals surface area contributed by atoms with Crippen molar-refractivity contribution in [3.63, 3.8) is 0 Å². The predicted octanol–water partition coefficient (Wildman–Crippen LogP) is 2.38. The smallest absolute Gasteiger partial charge is 0.237 e. The fourth-order valence-electron chi connectivity index (χ4n) is 0.872. The molecule has 70 valence electrons. The van der Waals surface area contributed by atoms with Crippen LogP contribution in [0, 0.1) is 0 Å². The maximum atomic E-state index is 11.4. The number of para-hydroxylation sites is 1. The highest BCUT2D eigenvalue weighted by Crippen LogP contribution is 2.10. The van der Waals surface area contributed by atoms with E-state index in [-0.39, 0.29) is 11.2 Å². The maximum absolute atomic E-state index is 11.4. The predicted molar refractivity (Wildman–Crippen MR) is 58.0 cm³/mol. The van der Waals surface area contributed by atoms with Crippen LogP contribution >= 0.6 is 11.8 Å². The summed E-state index contributed by atoms with van der Waals surface area (Å²) in [5, 5.41) is 2.83. The van der Waals surface area contributed by atoms with Gasteiger partial charge in [-0.2, -0.15) is 11.8 Å². The molecule has 1 rings (SSSR count). The number of benzene rings is 1. The van der Waals surface area contributed by atoms with Gasteiger partial charge in [0, 0.05) is 5.69 Å². The number of hydrogen-bond donors (Lipinski definition) is 1. The standard InChI is InChI=1S/C10H13NOS/c1-8(13-2)10(12)11-9-6-4-3-5-7-9/h3-8H,1-2H3,(H,11,12). The van der Waals surface area contributed by atoms with Gasteiger partial charge in [-0.3, -0.25) is 4.79 Å². The number of hydrogen-bond acceptors (Lipinski definition) is 2. The maximum Gasteiger partial charge on any atom is 0.237 e. The third kappa shape index (κ3) is 3.11. The summed E-state index contributed by atoms with van der Waals surface area (Å²) in [6.45, 7) is 1.89. The van der Waals surface area contributed by atoms with E-state index in [1.165, 1.54) is 0 Å². The van der Waals surface area contributed by atoms with Crippen molar-refractivity contribution in [1.82, 2.24) is 0 Å². The van der Waals surface area contributed by atoms with Crippen LogP contribution < -0.4 is 5.32 Å². The number of rotatable bonds is 3. The van der Waals surface area contributed by atoms with Crippen molar-refractivity contribution in [2.75, 3.05) is 11.6 Å². The Kier molecular flexibility index (Phi) is 3.83. The average Bonchev–Trinajstić information content (AvgIpc) is 2.18. The molecule has 0 aromatic heterocycles. The lowest BCUT2D eigenvalue weighted by Gasteiger charge is -2.08. The number of anilines is 1. The van der Waals surface area contributed by atoms with Gasteiger partial charge in [-0.15, -0.1) is 0 Å². The molecule has 0 bridgehead atoms. The molecule has 1 aromatic carbocycles. The van der Waals surface area contributed by atoms with Crippen LogP contribution in [-0.2, 0) is 4.79 Å². The molecule has 0 spiro atoms. The Hall–Kier alpha value is -0.960. The Morgan fingerprint density at radius 2 is 2.00 bits per heavy atom. The van der Waals surface area contributed by atoms with Crippen molar-refractivity contribution in [3.05, 3.63) is 30.3 Å². The van der Waals surface area contributed by atoms with Crippen LogP contribution in [0.4, 0.5) is 5.69 Å². The van der Waals surface area contributed by atoms with Crippen LogP contribution in [-0.4, -0.2) is 17.4 Å². The Bertz CT molecular complexity index is 274. The third-order valence-electron chi connectivity index (χ3n) is 1.76. The van der Waals surface area contributed by atoms with Gasteiger partial charge in [-0.1, -0.05) is 18.2 Å². The van der Waals surface area contributed by atoms with Gasteiger partial charge in [0.25, 0.3) is 0 Å². The van der Waals surface area contributed by atoms with Crippen molar-refractivity contribution < 1.29 is 4.79 Å². The van der Waals surface area contributed by atoms with Crippen molar-refractivity contribution in [3.8, 4) is 0 Å². The van der Waals surface area contributed by atoms with Gasteiger partial charge < -0.3 is 5.32 Å². The molecule has 1 aromatic rings. The number of carbonyl (C=O) groups excluding carboxylic acids is 1. The number of carbonyl (C=O) groups is 1. The van der Waals surface area contributed by atoms with Crippen molar-refractivity contribution >= 4 is 23.4 Å². The highest BCUT2D eigenvalue weighted by molar-refractivity contribution is 7.99. The van der Waals surface area contributed by atoms with E-state index >= 15 is 0 Å². The van der Waals surface area contributed by atoms with E-state index in [1.807, 2.05) is 43.5 Å². The van der Waals surface area contributed by atoms with Gasteiger partial charge in [-0.05, 0) is 25.3 Å². The van der Waals surface area contributed by atoms with Gasteiger partial charge in [0.05, 0.1) is 5.25 Å². The Morgan fingerprint density at radius 1 is 1.38 bits per heavy atom. The summed E-state index contributed by atoms with van der Waals surface area (Å²) in [6, 6.07) is 9.49. The molecule has 0 radical (unpaired) electrons. The second-order valence-corrected chi connectivity index (χ2v) is 3.91. The molecule has 0 saturated carbocycles. The molecule has 1 atom stereocenters. The minimum atomic E-state index is 0.000191. The Labute approximate surface area is 82.7 Å². The molecule has 2 nitrogen and oxygen atoms in total. The zero-order chi connectivity index (χ0) is 9.68. The first kappa shape index (κ1) is 10.1. The van der Waals surface area contributed by atoms with Crippen LogP contribution in [0.3, 0.4) is 0 Å². The largest absolute Gasteiger partial charge is 0.325 e. The van der Waals surface area contributed by atoms with Gasteiger partial charge in [-0.25, -0.2) is 0 Å². The number of thioether (sulfide) groups is 1. The normalized spacial score (nSPS) is 12.2. The summed E-state index contributed by atoms with van der Waals surface area (Å²) in [5.41, 5.74) is 0.855. The SMILES string of the molecule is CSC(C)C(=O)Nc1ccccc1. The van der Waals surface area contributed by atoms with E-state index in [4.69, 9.17) is 0 Å². The van der Waals surface area contributed by atoms with Crippen LogP contribution in [0.5, 0.6) is 0 Å². The lowest BCUT2D eigenvalue weighted by molar-refractivity contribution is -0.115. The van der Waals surface area contributed by atoms with Crippen molar-refractivity contribution in [1.29, 1.82) is 0 Å². The Morgan fingerprint density at radius 3 is 2.54 bits per heavy atom. The minimum absolute atomic E-state index is 0.000191. The molecule has 3 heteroatoms. The Balaban J connectivity index is 2.55. The molecule has 1 amide bonds. The van der Waals surface area contributed by atoms with Crippen LogP contribution in [0.25, 0.3) is 0 Å². The molecule has 0 fully saturated rings. The summed E-state index contributed by atoms with van der Waals surface area (Å²) in [4.78, 5) is 11.4. The summed E-state index contributed by atoms with van der Waals surface area (Å²) in [5.74, 6) is 0.0544. The summed E-state index contributed by atoms with van der Waals surface area (Å²) in [7, 11) is 0. The lowest BCUT2D eigenvalue weighted by atomic mass is 10.3. The highest BCUT2D eigenvalue weighted by Gasteiger charge is 2.10. The quantitative estimate of drug-likeness (QED) is 0.802. The molecule has 1 unspecified atom stereocenters. The highest BCUT2D eigenvalue weighted by atomic mass is 32.2. The van der Waals surface area contributed by atoms with Gasteiger partial charge >= 0.3 is 0 Å². The topological polar surface area (TPSA) is 29.1 Å². The molecule has 0 aliphatic carbocycles. The summed E-state index contributed by atoms with van der Waals surface area (Å²) in [6.07, 6.45) is 1.93. The molecule has 0 heterocycles. The van der Waals surface area contributed by atoms with E-state index in [1.54, 1.807) is 11.8 Å². The molecular weight excluding hydrogens is 182 g/mol. The summed E-state index contributed by atoms with van der Waals surface area (Å²) < 4.78 is 0. The van der Waals surface area contributed by atoms with E-state index in [9.17, 15) is 4.79 Å². The first-order chi connectivity index (χ1) is 6.24. The van der Waals surface area contributed by atoms with Crippen molar-refractivity contribution in [2.24, 2.45) is 0 Å². The third-order valence-corrected chi connectivity index (χ3v) is 2.69. The average molecular weight is 195 g/mol. The second kappa shape index (κ2) is 4.92. The van der Waals surface area contributed by atoms with E-state index in [0.717, 1.165) is 5.69 Å². The van der Waals surface area contributed by atoms with Crippen LogP contribution in [0.15, 0.2) is 30.3 Å². The van der Waals surface area contributed by atoms with Crippen LogP contribution in [0.2, 0.25) is 0 Å². The summed E-state index contributed by atoms with van der Waals surface area (Å²) >= 11 is 1.54. The van der Waals surface area contributed by atoms with Gasteiger partial charge in [0.15, 0.2) is 0 Å². The fraction of sp³-hybridized carbons (Fsp3) is 0.300. The van der Waals surface area contributed by atoms with E-state index < -0.39 is 0 Å². The van der Waals surface area contributed by atoms with Crippen LogP contribution in [0.1, 0.15) is 6.92 Å². The fourth-order valence-corrected chi connectivity index (χ4v) is 1.15. The van der Waals surface area contributed by atoms with Crippen molar-refractivity contribution in [2.45, 2.75) is 12.2 Å². The second-order valence-electron chi connectivity index (χ2n) is 2.73. The minimum Gasteiger partial charge on any atom is -0.325 e. The zero-order valence-electron chi connectivity index (χ0n) is 7.78. The monoisotopic (exact) mass is 195 g/mol. The molecule has 1 N–H and O–H groups in total. The van der Waals surface area contributed by atoms with E-state index in [0.29, 0.717) is 0 Å².